The molecular formula is C15H25ClN2O2. The Kier molecular flexibility index (Phi) is 7.92. The molecule has 0 radical (unpaired) electrons. The smallest absolute Gasteiger partial charge is 0.0947 e. The molecule has 0 aromatic heterocycles. The average Bonchev–Trinajstić information content (AvgIpc) is 2.40. The van der Waals surface area contributed by atoms with E-state index in [4.69, 9.17) is 16.3 Å². The molecule has 4 nitrogen and oxygen atoms in total. The highest BCUT2D eigenvalue weighted by molar-refractivity contribution is 6.31. The van der Waals surface area contributed by atoms with Crippen LogP contribution in [0.4, 0.5) is 5.69 Å². The number of anilines is 1. The molecule has 0 bridgehead atoms. The van der Waals surface area contributed by atoms with Gasteiger partial charge in [-0.3, -0.25) is 0 Å². The van der Waals surface area contributed by atoms with Crippen LogP contribution in [0.15, 0.2) is 18.2 Å². The predicted octanol–water partition coefficient (Wildman–Crippen LogP) is 2.28. The van der Waals surface area contributed by atoms with E-state index in [1.807, 2.05) is 30.1 Å². The fourth-order valence-corrected chi connectivity index (χ4v) is 2.37. The molecule has 0 saturated carbocycles. The van der Waals surface area contributed by atoms with Crippen molar-refractivity contribution < 1.29 is 9.84 Å². The number of hydrogen-bond donors (Lipinski definition) is 2. The second-order valence-corrected chi connectivity index (χ2v) is 5.31. The lowest BCUT2D eigenvalue weighted by molar-refractivity contribution is 0.0695. The highest BCUT2D eigenvalue weighted by atomic mass is 35.5. The van der Waals surface area contributed by atoms with Gasteiger partial charge in [-0.1, -0.05) is 24.6 Å². The van der Waals surface area contributed by atoms with Crippen molar-refractivity contribution in [2.75, 3.05) is 38.8 Å². The number of halogens is 1. The number of aliphatic hydroxyl groups excluding tert-OH is 1. The second-order valence-electron chi connectivity index (χ2n) is 4.90. The highest BCUT2D eigenvalue weighted by Gasteiger charge is 2.13. The van der Waals surface area contributed by atoms with E-state index in [9.17, 15) is 5.11 Å². The minimum absolute atomic E-state index is 0.328. The van der Waals surface area contributed by atoms with E-state index in [1.54, 1.807) is 7.11 Å². The molecule has 1 aromatic rings. The first-order valence-electron chi connectivity index (χ1n) is 6.96. The van der Waals surface area contributed by atoms with Gasteiger partial charge in [0, 0.05) is 43.5 Å². The maximum atomic E-state index is 9.84. The van der Waals surface area contributed by atoms with E-state index in [0.29, 0.717) is 13.2 Å². The van der Waals surface area contributed by atoms with Gasteiger partial charge >= 0.3 is 0 Å². The zero-order valence-corrected chi connectivity index (χ0v) is 13.3. The van der Waals surface area contributed by atoms with Crippen molar-refractivity contribution in [3.63, 3.8) is 0 Å². The Morgan fingerprint density at radius 2 is 2.20 bits per heavy atom. The number of hydrogen-bond acceptors (Lipinski definition) is 4. The van der Waals surface area contributed by atoms with Gasteiger partial charge < -0.3 is 20.1 Å². The zero-order chi connectivity index (χ0) is 15.0. The molecule has 0 spiro atoms. The number of methoxy groups -OCH3 is 1. The van der Waals surface area contributed by atoms with E-state index in [0.717, 1.165) is 35.8 Å². The van der Waals surface area contributed by atoms with Crippen LogP contribution in [0.1, 0.15) is 18.9 Å². The van der Waals surface area contributed by atoms with Crippen molar-refractivity contribution in [2.45, 2.75) is 26.0 Å². The molecule has 1 aromatic carbocycles. The number of ether oxygens (including phenoxy) is 1. The van der Waals surface area contributed by atoms with Crippen LogP contribution < -0.4 is 10.2 Å². The second kappa shape index (κ2) is 9.19. The summed E-state index contributed by atoms with van der Waals surface area (Å²) in [5.74, 6) is 0. The summed E-state index contributed by atoms with van der Waals surface area (Å²) in [5.41, 5.74) is 2.10. The minimum atomic E-state index is -0.513. The third-order valence-electron chi connectivity index (χ3n) is 3.08. The Morgan fingerprint density at radius 1 is 1.45 bits per heavy atom. The molecular weight excluding hydrogens is 276 g/mol. The third-order valence-corrected chi connectivity index (χ3v) is 3.43. The van der Waals surface area contributed by atoms with E-state index in [1.165, 1.54) is 0 Å². The SMILES string of the molecule is CCCNCc1c(Cl)cccc1N(C)CC(O)COC. The van der Waals surface area contributed by atoms with Gasteiger partial charge in [0.2, 0.25) is 0 Å². The lowest BCUT2D eigenvalue weighted by atomic mass is 10.1. The number of nitrogens with zero attached hydrogens (tertiary/aromatic N) is 1. The Balaban J connectivity index is 2.78. The van der Waals surface area contributed by atoms with Crippen LogP contribution >= 0.6 is 11.6 Å². The number of aliphatic hydroxyl groups is 1. The molecule has 0 aliphatic rings. The molecule has 0 fully saturated rings. The molecule has 0 aliphatic carbocycles. The van der Waals surface area contributed by atoms with Gasteiger partial charge in [0.15, 0.2) is 0 Å². The summed E-state index contributed by atoms with van der Waals surface area (Å²) >= 11 is 6.30. The van der Waals surface area contributed by atoms with Crippen LogP contribution in [-0.2, 0) is 11.3 Å². The quantitative estimate of drug-likeness (QED) is 0.687. The summed E-state index contributed by atoms with van der Waals surface area (Å²) in [5, 5.41) is 14.0. The molecule has 1 atom stereocenters. The molecule has 0 heterocycles. The van der Waals surface area contributed by atoms with E-state index >= 15 is 0 Å². The fraction of sp³-hybridized carbons (Fsp3) is 0.600. The zero-order valence-electron chi connectivity index (χ0n) is 12.5. The van der Waals surface area contributed by atoms with Gasteiger partial charge in [-0.15, -0.1) is 0 Å². The van der Waals surface area contributed by atoms with Gasteiger partial charge in [-0.05, 0) is 25.1 Å². The summed E-state index contributed by atoms with van der Waals surface area (Å²) in [6.45, 7) is 4.66. The summed E-state index contributed by atoms with van der Waals surface area (Å²) in [7, 11) is 3.54. The molecule has 1 rings (SSSR count). The summed E-state index contributed by atoms with van der Waals surface area (Å²) < 4.78 is 4.96. The van der Waals surface area contributed by atoms with Crippen molar-refractivity contribution in [3.05, 3.63) is 28.8 Å². The topological polar surface area (TPSA) is 44.7 Å². The largest absolute Gasteiger partial charge is 0.389 e. The maximum Gasteiger partial charge on any atom is 0.0947 e. The van der Waals surface area contributed by atoms with Crippen LogP contribution in [0.3, 0.4) is 0 Å². The van der Waals surface area contributed by atoms with Crippen LogP contribution in [0, 0.1) is 0 Å². The lowest BCUT2D eigenvalue weighted by Crippen LogP contribution is -2.32. The van der Waals surface area contributed by atoms with Gasteiger partial charge in [-0.25, -0.2) is 0 Å². The Hall–Kier alpha value is -0.810. The Morgan fingerprint density at radius 3 is 2.85 bits per heavy atom. The number of nitrogens with one attached hydrogen (secondary N) is 1. The Labute approximate surface area is 126 Å². The van der Waals surface area contributed by atoms with Crippen molar-refractivity contribution in [2.24, 2.45) is 0 Å². The molecule has 0 saturated heterocycles. The maximum absolute atomic E-state index is 9.84. The molecule has 0 aliphatic heterocycles. The molecule has 0 amide bonds. The lowest BCUT2D eigenvalue weighted by Gasteiger charge is -2.25. The van der Waals surface area contributed by atoms with Gasteiger partial charge in [0.05, 0.1) is 12.7 Å². The summed E-state index contributed by atoms with van der Waals surface area (Å²) in [6, 6.07) is 5.85. The minimum Gasteiger partial charge on any atom is -0.389 e. The highest BCUT2D eigenvalue weighted by Crippen LogP contribution is 2.27. The summed E-state index contributed by atoms with van der Waals surface area (Å²) in [6.07, 6.45) is 0.572. The molecule has 20 heavy (non-hydrogen) atoms. The van der Waals surface area contributed by atoms with Crippen molar-refractivity contribution in [3.8, 4) is 0 Å². The predicted molar refractivity (Wildman–Crippen MR) is 84.6 cm³/mol. The van der Waals surface area contributed by atoms with Crippen LogP contribution in [0.5, 0.6) is 0 Å². The van der Waals surface area contributed by atoms with Gasteiger partial charge in [-0.2, -0.15) is 0 Å². The number of benzene rings is 1. The molecule has 1 unspecified atom stereocenters. The fourth-order valence-electron chi connectivity index (χ4n) is 2.13. The third kappa shape index (κ3) is 5.29. The molecule has 114 valence electrons. The number of likely N-dealkylation sites (N-methyl/N-ethyl adjacent to an activating group) is 1. The number of rotatable bonds is 9. The van der Waals surface area contributed by atoms with Crippen LogP contribution in [-0.4, -0.2) is 45.1 Å². The van der Waals surface area contributed by atoms with Gasteiger partial charge in [0.1, 0.15) is 0 Å². The van der Waals surface area contributed by atoms with Gasteiger partial charge in [0.25, 0.3) is 0 Å². The van der Waals surface area contributed by atoms with E-state index < -0.39 is 6.10 Å². The van der Waals surface area contributed by atoms with Crippen molar-refractivity contribution in [1.82, 2.24) is 5.32 Å². The first-order valence-corrected chi connectivity index (χ1v) is 7.34. The van der Waals surface area contributed by atoms with Crippen LogP contribution in [0.25, 0.3) is 0 Å². The monoisotopic (exact) mass is 300 g/mol. The molecule has 5 heteroatoms. The first-order chi connectivity index (χ1) is 9.60. The molecule has 2 N–H and O–H groups in total. The Bertz CT molecular complexity index is 401. The summed E-state index contributed by atoms with van der Waals surface area (Å²) in [4.78, 5) is 2.01. The van der Waals surface area contributed by atoms with Crippen LogP contribution in [0.2, 0.25) is 5.02 Å². The van der Waals surface area contributed by atoms with E-state index in [2.05, 4.69) is 12.2 Å². The van der Waals surface area contributed by atoms with Crippen molar-refractivity contribution >= 4 is 17.3 Å². The average molecular weight is 301 g/mol. The first kappa shape index (κ1) is 17.2. The normalized spacial score (nSPS) is 12.4. The van der Waals surface area contributed by atoms with E-state index in [-0.39, 0.29) is 0 Å². The standard InChI is InChI=1S/C15H25ClN2O2/c1-4-8-17-9-13-14(16)6-5-7-15(13)18(2)10-12(19)11-20-3/h5-7,12,17,19H,4,8-11H2,1-3H3. The van der Waals surface area contributed by atoms with Crippen molar-refractivity contribution in [1.29, 1.82) is 0 Å².